The maximum atomic E-state index is 12.6. The van der Waals surface area contributed by atoms with E-state index in [-0.39, 0.29) is 11.9 Å². The van der Waals surface area contributed by atoms with Gasteiger partial charge in [-0.25, -0.2) is 22.7 Å². The Hall–Kier alpha value is -2.03. The SMILES string of the molecule is O=S(=O)(CCc1ccccc1)N1CCC(Oc2ncnc3ccsc23)CC1. The first kappa shape index (κ1) is 18.3. The molecule has 0 aliphatic carbocycles. The first-order valence-electron chi connectivity index (χ1n) is 8.98. The van der Waals surface area contributed by atoms with Crippen LogP contribution >= 0.6 is 11.3 Å². The van der Waals surface area contributed by atoms with Gasteiger partial charge in [0, 0.05) is 13.1 Å². The monoisotopic (exact) mass is 403 g/mol. The van der Waals surface area contributed by atoms with Crippen LogP contribution in [-0.4, -0.2) is 47.6 Å². The Kier molecular flexibility index (Phi) is 5.38. The van der Waals surface area contributed by atoms with E-state index in [1.165, 1.54) is 6.33 Å². The Morgan fingerprint density at radius 3 is 2.67 bits per heavy atom. The maximum absolute atomic E-state index is 12.6. The fourth-order valence-electron chi connectivity index (χ4n) is 3.26. The molecule has 0 spiro atoms. The normalized spacial score (nSPS) is 16.6. The summed E-state index contributed by atoms with van der Waals surface area (Å²) in [4.78, 5) is 8.47. The van der Waals surface area contributed by atoms with Crippen molar-refractivity contribution in [3.63, 3.8) is 0 Å². The van der Waals surface area contributed by atoms with Crippen molar-refractivity contribution in [2.45, 2.75) is 25.4 Å². The molecular weight excluding hydrogens is 382 g/mol. The minimum Gasteiger partial charge on any atom is -0.473 e. The van der Waals surface area contributed by atoms with Crippen LogP contribution < -0.4 is 4.74 Å². The highest BCUT2D eigenvalue weighted by Crippen LogP contribution is 2.29. The topological polar surface area (TPSA) is 72.4 Å². The summed E-state index contributed by atoms with van der Waals surface area (Å²) in [6.07, 6.45) is 3.36. The van der Waals surface area contributed by atoms with E-state index in [2.05, 4.69) is 9.97 Å². The van der Waals surface area contributed by atoms with Crippen LogP contribution in [0.15, 0.2) is 48.1 Å². The fourth-order valence-corrected chi connectivity index (χ4v) is 5.55. The molecule has 3 aromatic rings. The number of hydrogen-bond donors (Lipinski definition) is 0. The second-order valence-corrected chi connectivity index (χ2v) is 9.59. The van der Waals surface area contributed by atoms with E-state index in [9.17, 15) is 8.42 Å². The number of rotatable bonds is 6. The Labute approximate surface area is 162 Å². The van der Waals surface area contributed by atoms with E-state index < -0.39 is 10.0 Å². The molecule has 27 heavy (non-hydrogen) atoms. The van der Waals surface area contributed by atoms with Crippen molar-refractivity contribution < 1.29 is 13.2 Å². The van der Waals surface area contributed by atoms with E-state index in [0.29, 0.717) is 38.2 Å². The smallest absolute Gasteiger partial charge is 0.235 e. The Morgan fingerprint density at radius 1 is 1.11 bits per heavy atom. The minimum atomic E-state index is -3.25. The number of aryl methyl sites for hydroxylation is 1. The zero-order chi connectivity index (χ0) is 18.7. The van der Waals surface area contributed by atoms with Crippen molar-refractivity contribution in [2.75, 3.05) is 18.8 Å². The summed E-state index contributed by atoms with van der Waals surface area (Å²) in [5.41, 5.74) is 1.92. The molecule has 8 heteroatoms. The first-order chi connectivity index (χ1) is 13.1. The largest absolute Gasteiger partial charge is 0.473 e. The number of ether oxygens (including phenoxy) is 1. The lowest BCUT2D eigenvalue weighted by atomic mass is 10.1. The number of benzene rings is 1. The van der Waals surface area contributed by atoms with Gasteiger partial charge >= 0.3 is 0 Å². The van der Waals surface area contributed by atoms with Crippen LogP contribution in [0, 0.1) is 0 Å². The van der Waals surface area contributed by atoms with Gasteiger partial charge in [-0.1, -0.05) is 30.3 Å². The summed E-state index contributed by atoms with van der Waals surface area (Å²) in [5.74, 6) is 0.741. The van der Waals surface area contributed by atoms with Crippen molar-refractivity contribution in [1.29, 1.82) is 0 Å². The molecule has 0 N–H and O–H groups in total. The van der Waals surface area contributed by atoms with Crippen LogP contribution in [0.5, 0.6) is 5.88 Å². The molecule has 1 saturated heterocycles. The molecule has 0 radical (unpaired) electrons. The zero-order valence-electron chi connectivity index (χ0n) is 14.8. The Morgan fingerprint density at radius 2 is 1.89 bits per heavy atom. The van der Waals surface area contributed by atoms with Crippen molar-refractivity contribution in [3.8, 4) is 5.88 Å². The van der Waals surface area contributed by atoms with Crippen LogP contribution in [0.25, 0.3) is 10.2 Å². The van der Waals surface area contributed by atoms with Crippen LogP contribution in [-0.2, 0) is 16.4 Å². The molecule has 1 aromatic carbocycles. The first-order valence-corrected chi connectivity index (χ1v) is 11.5. The van der Waals surface area contributed by atoms with Gasteiger partial charge in [-0.2, -0.15) is 0 Å². The lowest BCUT2D eigenvalue weighted by Crippen LogP contribution is -2.43. The lowest BCUT2D eigenvalue weighted by Gasteiger charge is -2.31. The number of sulfonamides is 1. The van der Waals surface area contributed by atoms with Gasteiger partial charge in [-0.3, -0.25) is 0 Å². The number of nitrogens with zero attached hydrogens (tertiary/aromatic N) is 3. The fraction of sp³-hybridized carbons (Fsp3) is 0.368. The molecule has 1 aliphatic rings. The van der Waals surface area contributed by atoms with Crippen molar-refractivity contribution in [3.05, 3.63) is 53.7 Å². The number of thiophene rings is 1. The van der Waals surface area contributed by atoms with Gasteiger partial charge in [0.05, 0.1) is 11.3 Å². The number of aromatic nitrogens is 2. The Balaban J connectivity index is 1.33. The molecule has 0 saturated carbocycles. The highest BCUT2D eigenvalue weighted by atomic mass is 32.2. The average Bonchev–Trinajstić information content (AvgIpc) is 3.18. The van der Waals surface area contributed by atoms with E-state index >= 15 is 0 Å². The average molecular weight is 404 g/mol. The van der Waals surface area contributed by atoms with Gasteiger partial charge in [0.1, 0.15) is 17.1 Å². The highest BCUT2D eigenvalue weighted by molar-refractivity contribution is 7.89. The number of piperidine rings is 1. The zero-order valence-corrected chi connectivity index (χ0v) is 16.5. The molecule has 0 atom stereocenters. The molecule has 0 amide bonds. The molecule has 1 aliphatic heterocycles. The second-order valence-electron chi connectivity index (χ2n) is 6.58. The van der Waals surface area contributed by atoms with Crippen LogP contribution in [0.2, 0.25) is 0 Å². The minimum absolute atomic E-state index is 0.0224. The van der Waals surface area contributed by atoms with Crippen LogP contribution in [0.4, 0.5) is 0 Å². The predicted octanol–water partition coefficient (Wildman–Crippen LogP) is 3.11. The molecule has 2 aromatic heterocycles. The third-order valence-corrected chi connectivity index (χ3v) is 7.54. The Bertz CT molecular complexity index is 997. The van der Waals surface area contributed by atoms with Gasteiger partial charge < -0.3 is 4.74 Å². The molecule has 0 bridgehead atoms. The van der Waals surface area contributed by atoms with Crippen molar-refractivity contribution >= 4 is 31.6 Å². The standard InChI is InChI=1S/C19H21N3O3S2/c23-27(24,13-9-15-4-2-1-3-5-15)22-10-6-16(7-11-22)25-19-18-17(8-12-26-18)20-14-21-19/h1-5,8,12,14,16H,6-7,9-11,13H2. The van der Waals surface area contributed by atoms with Gasteiger partial charge in [-0.15, -0.1) is 11.3 Å². The van der Waals surface area contributed by atoms with Crippen LogP contribution in [0.3, 0.4) is 0 Å². The molecule has 1 fully saturated rings. The third kappa shape index (κ3) is 4.28. The summed E-state index contributed by atoms with van der Waals surface area (Å²) in [6.45, 7) is 0.973. The third-order valence-electron chi connectivity index (χ3n) is 4.77. The summed E-state index contributed by atoms with van der Waals surface area (Å²) in [7, 11) is -3.25. The van der Waals surface area contributed by atoms with Crippen molar-refractivity contribution in [1.82, 2.24) is 14.3 Å². The van der Waals surface area contributed by atoms with E-state index in [0.717, 1.165) is 15.8 Å². The quantitative estimate of drug-likeness (QED) is 0.632. The van der Waals surface area contributed by atoms with E-state index in [1.807, 2.05) is 41.8 Å². The van der Waals surface area contributed by atoms with Crippen molar-refractivity contribution in [2.24, 2.45) is 0 Å². The molecule has 142 valence electrons. The predicted molar refractivity (Wildman–Crippen MR) is 107 cm³/mol. The van der Waals surface area contributed by atoms with E-state index in [1.54, 1.807) is 15.6 Å². The van der Waals surface area contributed by atoms with Gasteiger partial charge in [0.15, 0.2) is 0 Å². The summed E-state index contributed by atoms with van der Waals surface area (Å²) in [6, 6.07) is 11.7. The van der Waals surface area contributed by atoms with E-state index in [4.69, 9.17) is 4.74 Å². The van der Waals surface area contributed by atoms with Crippen LogP contribution in [0.1, 0.15) is 18.4 Å². The van der Waals surface area contributed by atoms with Gasteiger partial charge in [-0.05, 0) is 36.3 Å². The summed E-state index contributed by atoms with van der Waals surface area (Å²) >= 11 is 1.56. The molecule has 4 rings (SSSR count). The molecule has 6 nitrogen and oxygen atoms in total. The lowest BCUT2D eigenvalue weighted by molar-refractivity contribution is 0.132. The maximum Gasteiger partial charge on any atom is 0.235 e. The van der Waals surface area contributed by atoms with Gasteiger partial charge in [0.25, 0.3) is 0 Å². The molecule has 3 heterocycles. The van der Waals surface area contributed by atoms with Gasteiger partial charge in [0.2, 0.25) is 15.9 Å². The number of hydrogen-bond acceptors (Lipinski definition) is 6. The molecular formula is C19H21N3O3S2. The summed E-state index contributed by atoms with van der Waals surface area (Å²) in [5, 5.41) is 1.97. The highest BCUT2D eigenvalue weighted by Gasteiger charge is 2.29. The second kappa shape index (κ2) is 7.92. The number of fused-ring (bicyclic) bond motifs is 1. The summed E-state index contributed by atoms with van der Waals surface area (Å²) < 4.78 is 33.8. The molecule has 0 unspecified atom stereocenters.